The normalized spacial score (nSPS) is 22.1. The maximum absolute atomic E-state index is 11.4. The summed E-state index contributed by atoms with van der Waals surface area (Å²) in [5.41, 5.74) is 0.523. The van der Waals surface area contributed by atoms with Crippen LogP contribution in [0.5, 0.6) is 0 Å². The number of rotatable bonds is 4. The third kappa shape index (κ3) is 3.75. The summed E-state index contributed by atoms with van der Waals surface area (Å²) < 4.78 is 0. The molecule has 9 nitrogen and oxygen atoms in total. The predicted molar refractivity (Wildman–Crippen MR) is 78.9 cm³/mol. The van der Waals surface area contributed by atoms with Gasteiger partial charge in [-0.3, -0.25) is 10.1 Å². The molecular weight excluding hydrogens is 306 g/mol. The van der Waals surface area contributed by atoms with E-state index in [0.717, 1.165) is 0 Å². The van der Waals surface area contributed by atoms with Crippen LogP contribution in [0.4, 0.5) is 9.59 Å². The molecule has 1 saturated heterocycles. The topological polar surface area (TPSA) is 133 Å². The molecule has 0 bridgehead atoms. The van der Waals surface area contributed by atoms with Gasteiger partial charge < -0.3 is 15.5 Å². The first kappa shape index (κ1) is 16.7. The van der Waals surface area contributed by atoms with Crippen molar-refractivity contribution < 1.29 is 24.7 Å². The van der Waals surface area contributed by atoms with Crippen LogP contribution in [0.3, 0.4) is 0 Å². The number of carbonyl (C=O) groups is 2. The molecule has 0 saturated carbocycles. The molecule has 23 heavy (non-hydrogen) atoms. The fourth-order valence-electron chi connectivity index (χ4n) is 2.84. The van der Waals surface area contributed by atoms with Crippen molar-refractivity contribution in [3.63, 3.8) is 0 Å². The zero-order chi connectivity index (χ0) is 17.0. The van der Waals surface area contributed by atoms with E-state index in [1.54, 1.807) is 30.3 Å². The summed E-state index contributed by atoms with van der Waals surface area (Å²) in [6, 6.07) is 6.18. The van der Waals surface area contributed by atoms with Gasteiger partial charge in [0.2, 0.25) is 6.04 Å². The third-order valence-corrected chi connectivity index (χ3v) is 3.94. The van der Waals surface area contributed by atoms with Crippen LogP contribution >= 0.6 is 0 Å². The Morgan fingerprint density at radius 3 is 2.26 bits per heavy atom. The van der Waals surface area contributed by atoms with Crippen molar-refractivity contribution in [3.8, 4) is 0 Å². The lowest BCUT2D eigenvalue weighted by Gasteiger charge is -2.36. The Morgan fingerprint density at radius 2 is 1.83 bits per heavy atom. The maximum Gasteiger partial charge on any atom is 0.417 e. The summed E-state index contributed by atoms with van der Waals surface area (Å²) in [5.74, 6) is 0. The summed E-state index contributed by atoms with van der Waals surface area (Å²) in [4.78, 5) is 33.5. The van der Waals surface area contributed by atoms with Crippen LogP contribution in [0, 0.1) is 10.1 Å². The summed E-state index contributed by atoms with van der Waals surface area (Å²) in [6.45, 7) is 0.0775. The number of imide groups is 1. The molecule has 1 aromatic rings. The third-order valence-electron chi connectivity index (χ3n) is 3.94. The number of amides is 2. The Morgan fingerprint density at radius 1 is 1.22 bits per heavy atom. The van der Waals surface area contributed by atoms with Gasteiger partial charge in [0, 0.05) is 17.4 Å². The number of nitrogens with one attached hydrogen (secondary N) is 1. The number of piperidine rings is 1. The van der Waals surface area contributed by atoms with Gasteiger partial charge in [-0.15, -0.1) is 0 Å². The molecule has 2 rings (SSSR count). The van der Waals surface area contributed by atoms with Crippen molar-refractivity contribution >= 4 is 12.2 Å². The van der Waals surface area contributed by atoms with Gasteiger partial charge in [-0.25, -0.2) is 14.5 Å². The minimum atomic E-state index is -1.58. The van der Waals surface area contributed by atoms with Crippen molar-refractivity contribution in [2.75, 3.05) is 6.54 Å². The number of nitrogens with zero attached hydrogens (tertiary/aromatic N) is 2. The molecule has 1 fully saturated rings. The second kappa shape index (κ2) is 7.05. The highest BCUT2D eigenvalue weighted by Crippen LogP contribution is 2.29. The highest BCUT2D eigenvalue weighted by atomic mass is 16.6. The molecule has 0 spiro atoms. The minimum Gasteiger partial charge on any atom is -0.465 e. The Hall–Kier alpha value is -2.68. The highest BCUT2D eigenvalue weighted by Gasteiger charge is 2.40. The van der Waals surface area contributed by atoms with E-state index in [1.165, 1.54) is 0 Å². The van der Waals surface area contributed by atoms with Gasteiger partial charge in [0.25, 0.3) is 0 Å². The first-order valence-corrected chi connectivity index (χ1v) is 7.08. The van der Waals surface area contributed by atoms with Crippen LogP contribution in [0.2, 0.25) is 0 Å². The number of benzene rings is 1. The Kier molecular flexibility index (Phi) is 5.12. The van der Waals surface area contributed by atoms with Crippen LogP contribution in [0.25, 0.3) is 0 Å². The molecule has 1 aliphatic rings. The van der Waals surface area contributed by atoms with Crippen molar-refractivity contribution in [2.45, 2.75) is 31.0 Å². The average Bonchev–Trinajstić information content (AvgIpc) is 2.52. The van der Waals surface area contributed by atoms with Crippen LogP contribution < -0.4 is 5.32 Å². The molecule has 0 aromatic heterocycles. The van der Waals surface area contributed by atoms with Crippen molar-refractivity contribution in [1.29, 1.82) is 0 Å². The zero-order valence-electron chi connectivity index (χ0n) is 12.2. The first-order chi connectivity index (χ1) is 10.9. The molecular formula is C14H17N3O6. The van der Waals surface area contributed by atoms with E-state index in [2.05, 4.69) is 5.32 Å². The molecule has 0 radical (unpaired) electrons. The second-order valence-electron chi connectivity index (χ2n) is 5.32. The number of carboxylic acid groups (broad SMARTS) is 2. The van der Waals surface area contributed by atoms with Crippen LogP contribution in [0.15, 0.2) is 30.3 Å². The number of hydrogen-bond acceptors (Lipinski definition) is 5. The summed E-state index contributed by atoms with van der Waals surface area (Å²) in [5, 5.41) is 32.3. The van der Waals surface area contributed by atoms with E-state index < -0.39 is 30.3 Å². The van der Waals surface area contributed by atoms with Crippen LogP contribution in [-0.2, 0) is 0 Å². The molecule has 2 amide bonds. The maximum atomic E-state index is 11.4. The molecule has 3 unspecified atom stereocenters. The Labute approximate surface area is 131 Å². The van der Waals surface area contributed by atoms with E-state index in [9.17, 15) is 29.9 Å². The number of hydrogen-bond donors (Lipinski definition) is 3. The molecule has 3 N–H and O–H groups in total. The number of nitro groups is 1. The Bertz CT molecular complexity index is 571. The van der Waals surface area contributed by atoms with Crippen molar-refractivity contribution in [1.82, 2.24) is 10.2 Å². The summed E-state index contributed by atoms with van der Waals surface area (Å²) in [7, 11) is 0. The molecule has 124 valence electrons. The largest absolute Gasteiger partial charge is 0.465 e. The monoisotopic (exact) mass is 323 g/mol. The lowest BCUT2D eigenvalue weighted by molar-refractivity contribution is -0.523. The molecule has 1 aliphatic heterocycles. The highest BCUT2D eigenvalue weighted by molar-refractivity contribution is 5.86. The first-order valence-electron chi connectivity index (χ1n) is 7.08. The van der Waals surface area contributed by atoms with Gasteiger partial charge in [0.15, 0.2) is 0 Å². The van der Waals surface area contributed by atoms with Gasteiger partial charge >= 0.3 is 12.2 Å². The van der Waals surface area contributed by atoms with E-state index >= 15 is 0 Å². The summed E-state index contributed by atoms with van der Waals surface area (Å²) in [6.07, 6.45) is -2.59. The second-order valence-corrected chi connectivity index (χ2v) is 5.32. The molecule has 1 aromatic carbocycles. The Balaban J connectivity index is 2.30. The summed E-state index contributed by atoms with van der Waals surface area (Å²) >= 11 is 0. The smallest absolute Gasteiger partial charge is 0.417 e. The molecule has 0 aliphatic carbocycles. The SMILES string of the molecule is O=C(O)N(C(=O)O)C(c1ccccc1)C1CCC([N+](=O)[O-])CN1. The molecule has 1 heterocycles. The predicted octanol–water partition coefficient (Wildman–Crippen LogP) is 1.78. The lowest BCUT2D eigenvalue weighted by atomic mass is 9.90. The van der Waals surface area contributed by atoms with Crippen LogP contribution in [-0.4, -0.2) is 50.9 Å². The van der Waals surface area contributed by atoms with Gasteiger partial charge in [-0.2, -0.15) is 0 Å². The van der Waals surface area contributed by atoms with Gasteiger partial charge in [0.05, 0.1) is 12.6 Å². The van der Waals surface area contributed by atoms with E-state index in [1.807, 2.05) is 0 Å². The average molecular weight is 323 g/mol. The zero-order valence-corrected chi connectivity index (χ0v) is 12.2. The lowest BCUT2D eigenvalue weighted by Crippen LogP contribution is -2.53. The van der Waals surface area contributed by atoms with Crippen LogP contribution in [0.1, 0.15) is 24.4 Å². The van der Waals surface area contributed by atoms with Gasteiger partial charge in [-0.05, 0) is 12.0 Å². The van der Waals surface area contributed by atoms with E-state index in [-0.39, 0.29) is 17.9 Å². The van der Waals surface area contributed by atoms with E-state index in [0.29, 0.717) is 16.9 Å². The minimum absolute atomic E-state index is 0.0775. The quantitative estimate of drug-likeness (QED) is 0.568. The van der Waals surface area contributed by atoms with Crippen molar-refractivity contribution in [3.05, 3.63) is 46.0 Å². The standard InChI is InChI=1S/C14H17N3O6/c18-13(19)16(14(20)21)12(9-4-2-1-3-5-9)11-7-6-10(8-15-11)17(22)23/h1-5,10-12,15H,6-8H2,(H,18,19)(H,20,21). The fraction of sp³-hybridized carbons (Fsp3) is 0.429. The fourth-order valence-corrected chi connectivity index (χ4v) is 2.84. The van der Waals surface area contributed by atoms with Gasteiger partial charge in [0.1, 0.15) is 0 Å². The molecule has 3 atom stereocenters. The molecule has 9 heteroatoms. The van der Waals surface area contributed by atoms with E-state index in [4.69, 9.17) is 0 Å². The van der Waals surface area contributed by atoms with Crippen molar-refractivity contribution in [2.24, 2.45) is 0 Å². The van der Waals surface area contributed by atoms with Gasteiger partial charge in [-0.1, -0.05) is 30.3 Å².